The van der Waals surface area contributed by atoms with Crippen molar-refractivity contribution < 1.29 is 0 Å². The molecular weight excluding hydrogens is 360 g/mol. The van der Waals surface area contributed by atoms with E-state index in [9.17, 15) is 0 Å². The fourth-order valence-electron chi connectivity index (χ4n) is 1.07. The van der Waals surface area contributed by atoms with Gasteiger partial charge < -0.3 is 5.32 Å². The maximum absolute atomic E-state index is 8.94. The van der Waals surface area contributed by atoms with Gasteiger partial charge in [0, 0.05) is 15.2 Å². The molecule has 0 saturated carbocycles. The third-order valence-corrected chi connectivity index (χ3v) is 2.94. The topological polar surface area (TPSA) is 61.1 Å². The highest BCUT2D eigenvalue weighted by molar-refractivity contribution is 9.12. The minimum Gasteiger partial charge on any atom is -0.338 e. The average molecular weight is 370 g/mol. The molecule has 6 heteroatoms. The number of nitrogens with zero attached hydrogens (tertiary/aromatic N) is 3. The van der Waals surface area contributed by atoms with Crippen LogP contribution in [0.2, 0.25) is 0 Å². The van der Waals surface area contributed by atoms with Gasteiger partial charge >= 0.3 is 0 Å². The van der Waals surface area contributed by atoms with E-state index in [1.807, 2.05) is 6.07 Å². The molecule has 18 heavy (non-hydrogen) atoms. The summed E-state index contributed by atoms with van der Waals surface area (Å²) in [6.45, 7) is 9.27. The number of anilines is 1. The van der Waals surface area contributed by atoms with Crippen molar-refractivity contribution in [2.75, 3.05) is 5.32 Å². The second kappa shape index (κ2) is 6.47. The molecule has 1 N–H and O–H groups in total. The first kappa shape index (κ1) is 14.6. The van der Waals surface area contributed by atoms with Crippen molar-refractivity contribution >= 4 is 43.3 Å². The summed E-state index contributed by atoms with van der Waals surface area (Å²) in [6, 6.07) is 3.73. The maximum atomic E-state index is 8.94. The van der Waals surface area contributed by atoms with Crippen molar-refractivity contribution in [2.45, 2.75) is 6.92 Å². The molecule has 0 amide bonds. The summed E-state index contributed by atoms with van der Waals surface area (Å²) in [6.07, 6.45) is 1.56. The van der Waals surface area contributed by atoms with Crippen LogP contribution in [0.3, 0.4) is 0 Å². The van der Waals surface area contributed by atoms with Crippen LogP contribution in [0.15, 0.2) is 45.2 Å². The van der Waals surface area contributed by atoms with E-state index in [0.717, 1.165) is 4.47 Å². The summed E-state index contributed by atoms with van der Waals surface area (Å²) in [7, 11) is 0. The minimum absolute atomic E-state index is 0.282. The van der Waals surface area contributed by atoms with Gasteiger partial charge in [0.1, 0.15) is 11.9 Å². The molecule has 0 spiro atoms. The van der Waals surface area contributed by atoms with Gasteiger partial charge in [0.2, 0.25) is 0 Å². The number of halogens is 2. The summed E-state index contributed by atoms with van der Waals surface area (Å²) in [5, 5.41) is 11.9. The molecule has 0 bridgehead atoms. The number of rotatable bonds is 4. The first-order chi connectivity index (χ1) is 8.43. The number of pyridine rings is 1. The zero-order valence-electron chi connectivity index (χ0n) is 9.67. The van der Waals surface area contributed by atoms with E-state index >= 15 is 0 Å². The Morgan fingerprint density at radius 3 is 2.78 bits per heavy atom. The van der Waals surface area contributed by atoms with E-state index in [0.29, 0.717) is 21.7 Å². The van der Waals surface area contributed by atoms with Crippen LogP contribution in [0.4, 0.5) is 5.69 Å². The Morgan fingerprint density at radius 2 is 2.22 bits per heavy atom. The van der Waals surface area contributed by atoms with Crippen molar-refractivity contribution in [3.8, 4) is 6.07 Å². The molecule has 1 aromatic rings. The summed E-state index contributed by atoms with van der Waals surface area (Å²) < 4.78 is 1.45. The largest absolute Gasteiger partial charge is 0.338 e. The molecule has 0 fully saturated rings. The van der Waals surface area contributed by atoms with Crippen molar-refractivity contribution in [1.29, 1.82) is 5.26 Å². The highest BCUT2D eigenvalue weighted by Crippen LogP contribution is 2.20. The van der Waals surface area contributed by atoms with E-state index in [4.69, 9.17) is 5.26 Å². The van der Waals surface area contributed by atoms with Crippen molar-refractivity contribution in [3.05, 3.63) is 45.9 Å². The number of aliphatic imine (C=N–C) groups is 1. The monoisotopic (exact) mass is 368 g/mol. The van der Waals surface area contributed by atoms with Crippen LogP contribution in [0.1, 0.15) is 12.6 Å². The molecule has 1 aromatic heterocycles. The molecule has 0 atom stereocenters. The van der Waals surface area contributed by atoms with Crippen LogP contribution in [0, 0.1) is 11.3 Å². The second-order valence-electron chi connectivity index (χ2n) is 3.34. The number of hydrogen-bond acceptors (Lipinski definition) is 4. The number of hydrogen-bond donors (Lipinski definition) is 1. The zero-order chi connectivity index (χ0) is 13.7. The predicted octanol–water partition coefficient (Wildman–Crippen LogP) is 3.97. The van der Waals surface area contributed by atoms with Crippen molar-refractivity contribution in [2.24, 2.45) is 4.99 Å². The van der Waals surface area contributed by atoms with Gasteiger partial charge in [-0.1, -0.05) is 13.2 Å². The SMILES string of the molecule is C=C(/N=C(/C)C(=C)Br)Nc1cc(Br)cnc1C#N. The summed E-state index contributed by atoms with van der Waals surface area (Å²) in [5.41, 5.74) is 1.53. The standard InChI is InChI=1S/C12H10Br2N4/c1-7(13)8(2)17-9(3)18-11-4-10(14)6-16-12(11)5-15/h4,6,18H,1,3H2,2H3/b17-8-. The molecule has 0 aliphatic heterocycles. The minimum atomic E-state index is 0.282. The van der Waals surface area contributed by atoms with Crippen molar-refractivity contribution in [1.82, 2.24) is 4.98 Å². The Hall–Kier alpha value is -1.45. The van der Waals surface area contributed by atoms with Crippen LogP contribution < -0.4 is 5.32 Å². The normalized spacial score (nSPS) is 10.7. The van der Waals surface area contributed by atoms with E-state index in [2.05, 4.69) is 60.3 Å². The van der Waals surface area contributed by atoms with Crippen LogP contribution in [-0.2, 0) is 0 Å². The molecule has 0 aliphatic rings. The van der Waals surface area contributed by atoms with Crippen LogP contribution in [-0.4, -0.2) is 10.7 Å². The lowest BCUT2D eigenvalue weighted by molar-refractivity contribution is 1.22. The lowest BCUT2D eigenvalue weighted by atomic mass is 10.3. The third kappa shape index (κ3) is 4.09. The zero-order valence-corrected chi connectivity index (χ0v) is 12.8. The Morgan fingerprint density at radius 1 is 1.56 bits per heavy atom. The summed E-state index contributed by atoms with van der Waals surface area (Å²) in [4.78, 5) is 8.17. The van der Waals surface area contributed by atoms with Crippen molar-refractivity contribution in [3.63, 3.8) is 0 Å². The van der Waals surface area contributed by atoms with Crippen LogP contribution in [0.5, 0.6) is 0 Å². The highest BCUT2D eigenvalue weighted by Gasteiger charge is 2.05. The number of nitrogens with one attached hydrogen (secondary N) is 1. The van der Waals surface area contributed by atoms with Gasteiger partial charge in [-0.15, -0.1) is 0 Å². The molecule has 0 radical (unpaired) electrons. The van der Waals surface area contributed by atoms with E-state index in [1.165, 1.54) is 0 Å². The van der Waals surface area contributed by atoms with Gasteiger partial charge in [-0.05, 0) is 44.8 Å². The number of aromatic nitrogens is 1. The lowest BCUT2D eigenvalue weighted by Gasteiger charge is -2.08. The molecule has 4 nitrogen and oxygen atoms in total. The van der Waals surface area contributed by atoms with Gasteiger partial charge in [-0.3, -0.25) is 0 Å². The van der Waals surface area contributed by atoms with Gasteiger partial charge in [-0.25, -0.2) is 9.98 Å². The summed E-state index contributed by atoms with van der Waals surface area (Å²) in [5.74, 6) is 0.407. The highest BCUT2D eigenvalue weighted by atomic mass is 79.9. The average Bonchev–Trinajstić information content (AvgIpc) is 2.28. The predicted molar refractivity (Wildman–Crippen MR) is 80.6 cm³/mol. The Balaban J connectivity index is 2.96. The number of nitriles is 1. The van der Waals surface area contributed by atoms with Gasteiger partial charge in [0.05, 0.1) is 11.4 Å². The molecule has 0 aromatic carbocycles. The van der Waals surface area contributed by atoms with Gasteiger partial charge in [-0.2, -0.15) is 5.26 Å². The molecule has 1 rings (SSSR count). The second-order valence-corrected chi connectivity index (χ2v) is 5.21. The number of allylic oxidation sites excluding steroid dienone is 1. The molecule has 0 unspecified atom stereocenters. The molecule has 1 heterocycles. The van der Waals surface area contributed by atoms with Gasteiger partial charge in [0.15, 0.2) is 5.69 Å². The Kier molecular flexibility index (Phi) is 5.25. The molecular formula is C12H10Br2N4. The molecule has 0 aliphatic carbocycles. The molecule has 92 valence electrons. The Bertz CT molecular complexity index is 570. The maximum Gasteiger partial charge on any atom is 0.164 e. The third-order valence-electron chi connectivity index (χ3n) is 1.93. The van der Waals surface area contributed by atoms with Crippen LogP contribution >= 0.6 is 31.9 Å². The van der Waals surface area contributed by atoms with Gasteiger partial charge in [0.25, 0.3) is 0 Å². The fraction of sp³-hybridized carbons (Fsp3) is 0.0833. The molecule has 0 saturated heterocycles. The quantitative estimate of drug-likeness (QED) is 0.817. The first-order valence-corrected chi connectivity index (χ1v) is 6.44. The van der Waals surface area contributed by atoms with E-state index in [1.54, 1.807) is 19.2 Å². The van der Waals surface area contributed by atoms with E-state index in [-0.39, 0.29) is 5.69 Å². The Labute approximate surface area is 122 Å². The smallest absolute Gasteiger partial charge is 0.164 e. The first-order valence-electron chi connectivity index (χ1n) is 4.85. The summed E-state index contributed by atoms with van der Waals surface area (Å²) >= 11 is 6.52. The van der Waals surface area contributed by atoms with Crippen LogP contribution in [0.25, 0.3) is 0 Å². The van der Waals surface area contributed by atoms with E-state index < -0.39 is 0 Å². The fourth-order valence-corrected chi connectivity index (χ4v) is 1.49. The lowest BCUT2D eigenvalue weighted by Crippen LogP contribution is -2.02.